The maximum absolute atomic E-state index is 12.1. The highest BCUT2D eigenvalue weighted by Gasteiger charge is 2.16. The molecule has 0 heterocycles. The van der Waals surface area contributed by atoms with E-state index in [1.165, 1.54) is 12.1 Å². The molecule has 0 radical (unpaired) electrons. The molecule has 8 nitrogen and oxygen atoms in total. The molecule has 0 aromatic heterocycles. The highest BCUT2D eigenvalue weighted by atomic mass is 35.5. The van der Waals surface area contributed by atoms with Gasteiger partial charge in [0.15, 0.2) is 9.84 Å². The van der Waals surface area contributed by atoms with Gasteiger partial charge in [-0.3, -0.25) is 10.1 Å². The maximum atomic E-state index is 12.1. The van der Waals surface area contributed by atoms with Crippen LogP contribution in [-0.4, -0.2) is 31.7 Å². The number of carbonyl (C=O) groups excluding carboxylic acids is 1. The zero-order valence-electron chi connectivity index (χ0n) is 12.7. The van der Waals surface area contributed by atoms with E-state index in [9.17, 15) is 23.3 Å². The van der Waals surface area contributed by atoms with Gasteiger partial charge in [-0.25, -0.2) is 13.2 Å². The first kappa shape index (κ1) is 18.7. The summed E-state index contributed by atoms with van der Waals surface area (Å²) in [5.74, 6) is -0.110. The number of hydrogen-bond donors (Lipinski definition) is 1. The zero-order valence-corrected chi connectivity index (χ0v) is 14.3. The summed E-state index contributed by atoms with van der Waals surface area (Å²) in [6, 6.07) is 10.6. The van der Waals surface area contributed by atoms with E-state index in [1.807, 2.05) is 0 Å². The van der Waals surface area contributed by atoms with E-state index in [4.69, 9.17) is 16.3 Å². The predicted octanol–water partition coefficient (Wildman–Crippen LogP) is 2.81. The number of rotatable bonds is 6. The van der Waals surface area contributed by atoms with Gasteiger partial charge in [0.25, 0.3) is 5.69 Å². The molecule has 132 valence electrons. The van der Waals surface area contributed by atoms with Crippen molar-refractivity contribution < 1.29 is 22.9 Å². The number of hydrogen-bond acceptors (Lipinski definition) is 6. The summed E-state index contributed by atoms with van der Waals surface area (Å²) in [6.45, 7) is -0.175. The highest BCUT2D eigenvalue weighted by molar-refractivity contribution is 7.91. The standard InChI is InChI=1S/C15H13ClN2O6S/c16-11-1-5-13(6-2-11)24-15(19)17-9-10-25(22,23)14-7-3-12(4-8-14)18(20)21/h1-8H,9-10H2,(H,17,19). The van der Waals surface area contributed by atoms with Crippen LogP contribution < -0.4 is 10.1 Å². The largest absolute Gasteiger partial charge is 0.412 e. The Morgan fingerprint density at radius 1 is 1.12 bits per heavy atom. The fraction of sp³-hybridized carbons (Fsp3) is 0.133. The van der Waals surface area contributed by atoms with Crippen molar-refractivity contribution in [1.82, 2.24) is 5.32 Å². The summed E-state index contributed by atoms with van der Waals surface area (Å²) in [4.78, 5) is 21.5. The molecule has 2 rings (SSSR count). The van der Waals surface area contributed by atoms with Crippen LogP contribution in [-0.2, 0) is 9.84 Å². The van der Waals surface area contributed by atoms with Crippen molar-refractivity contribution in [3.63, 3.8) is 0 Å². The molecule has 10 heteroatoms. The summed E-state index contributed by atoms with van der Waals surface area (Å²) in [5, 5.41) is 13.4. The molecule has 0 unspecified atom stereocenters. The minimum absolute atomic E-state index is 0.0639. The van der Waals surface area contributed by atoms with Gasteiger partial charge >= 0.3 is 6.09 Å². The quantitative estimate of drug-likeness (QED) is 0.604. The van der Waals surface area contributed by atoms with Gasteiger partial charge in [-0.15, -0.1) is 0 Å². The average molecular weight is 385 g/mol. The fourth-order valence-electron chi connectivity index (χ4n) is 1.83. The topological polar surface area (TPSA) is 116 Å². The number of sulfone groups is 1. The summed E-state index contributed by atoms with van der Waals surface area (Å²) in [5.41, 5.74) is -0.205. The lowest BCUT2D eigenvalue weighted by atomic mass is 10.3. The van der Waals surface area contributed by atoms with E-state index >= 15 is 0 Å². The molecule has 0 aliphatic carbocycles. The van der Waals surface area contributed by atoms with Gasteiger partial charge in [-0.05, 0) is 36.4 Å². The van der Waals surface area contributed by atoms with E-state index in [0.29, 0.717) is 5.02 Å². The molecule has 2 aromatic carbocycles. The number of nitro benzene ring substituents is 1. The molecule has 0 aliphatic rings. The number of benzene rings is 2. The van der Waals surface area contributed by atoms with Crippen LogP contribution >= 0.6 is 11.6 Å². The second kappa shape index (κ2) is 7.95. The van der Waals surface area contributed by atoms with Crippen LogP contribution in [0.5, 0.6) is 5.75 Å². The van der Waals surface area contributed by atoms with Crippen molar-refractivity contribution in [1.29, 1.82) is 0 Å². The highest BCUT2D eigenvalue weighted by Crippen LogP contribution is 2.17. The van der Waals surface area contributed by atoms with E-state index < -0.39 is 20.9 Å². The normalized spacial score (nSPS) is 10.9. The van der Waals surface area contributed by atoms with Crippen LogP contribution in [0.3, 0.4) is 0 Å². The van der Waals surface area contributed by atoms with Gasteiger partial charge in [0.05, 0.1) is 15.6 Å². The van der Waals surface area contributed by atoms with E-state index in [-0.39, 0.29) is 28.6 Å². The molecular formula is C15H13ClN2O6S. The van der Waals surface area contributed by atoms with Crippen LogP contribution in [0, 0.1) is 10.1 Å². The van der Waals surface area contributed by atoms with Crippen molar-refractivity contribution in [3.8, 4) is 5.75 Å². The third-order valence-corrected chi connectivity index (χ3v) is 5.05. The number of nitrogens with zero attached hydrogens (tertiary/aromatic N) is 1. The Labute approximate surface area is 148 Å². The van der Waals surface area contributed by atoms with Gasteiger partial charge in [0, 0.05) is 23.7 Å². The Hall–Kier alpha value is -2.65. The van der Waals surface area contributed by atoms with Gasteiger partial charge in [-0.2, -0.15) is 0 Å². The lowest BCUT2D eigenvalue weighted by molar-refractivity contribution is -0.384. The number of carbonyl (C=O) groups is 1. The molecule has 0 bridgehead atoms. The molecular weight excluding hydrogens is 372 g/mol. The molecule has 0 saturated carbocycles. The molecule has 0 spiro atoms. The summed E-state index contributed by atoms with van der Waals surface area (Å²) in [6.07, 6.45) is -0.804. The molecule has 1 N–H and O–H groups in total. The monoisotopic (exact) mass is 384 g/mol. The zero-order chi connectivity index (χ0) is 18.4. The van der Waals surface area contributed by atoms with Crippen molar-refractivity contribution in [3.05, 3.63) is 63.7 Å². The van der Waals surface area contributed by atoms with E-state index in [2.05, 4.69) is 5.32 Å². The third kappa shape index (κ3) is 5.44. The Bertz CT molecular complexity index is 866. The Morgan fingerprint density at radius 3 is 2.28 bits per heavy atom. The van der Waals surface area contributed by atoms with Crippen LogP contribution in [0.1, 0.15) is 0 Å². The van der Waals surface area contributed by atoms with Crippen molar-refractivity contribution >= 4 is 33.2 Å². The smallest absolute Gasteiger partial charge is 0.410 e. The molecule has 2 aromatic rings. The SMILES string of the molecule is O=C(NCCS(=O)(=O)c1ccc([N+](=O)[O-])cc1)Oc1ccc(Cl)cc1. The van der Waals surface area contributed by atoms with Gasteiger partial charge in [-0.1, -0.05) is 11.6 Å². The third-order valence-electron chi connectivity index (χ3n) is 3.07. The van der Waals surface area contributed by atoms with Crippen molar-refractivity contribution in [2.45, 2.75) is 4.90 Å². The average Bonchev–Trinajstić information content (AvgIpc) is 2.57. The second-order valence-electron chi connectivity index (χ2n) is 4.84. The van der Waals surface area contributed by atoms with Gasteiger partial charge in [0.2, 0.25) is 0 Å². The van der Waals surface area contributed by atoms with Crippen LogP contribution in [0.4, 0.5) is 10.5 Å². The Morgan fingerprint density at radius 2 is 1.72 bits per heavy atom. The maximum Gasteiger partial charge on any atom is 0.412 e. The Kier molecular flexibility index (Phi) is 5.94. The first-order valence-electron chi connectivity index (χ1n) is 6.96. The summed E-state index contributed by atoms with van der Waals surface area (Å²) in [7, 11) is -3.69. The fourth-order valence-corrected chi connectivity index (χ4v) is 3.11. The first-order valence-corrected chi connectivity index (χ1v) is 8.99. The lowest BCUT2D eigenvalue weighted by Crippen LogP contribution is -2.31. The van der Waals surface area contributed by atoms with Crippen molar-refractivity contribution in [2.24, 2.45) is 0 Å². The number of amides is 1. The summed E-state index contributed by atoms with van der Waals surface area (Å²) >= 11 is 5.71. The molecule has 25 heavy (non-hydrogen) atoms. The number of nitro groups is 1. The Balaban J connectivity index is 1.88. The number of non-ortho nitro benzene ring substituents is 1. The van der Waals surface area contributed by atoms with E-state index in [1.54, 1.807) is 12.1 Å². The first-order chi connectivity index (χ1) is 11.8. The minimum atomic E-state index is -3.69. The number of halogens is 1. The molecule has 1 amide bonds. The minimum Gasteiger partial charge on any atom is -0.410 e. The molecule has 0 atom stereocenters. The summed E-state index contributed by atoms with van der Waals surface area (Å²) < 4.78 is 29.2. The van der Waals surface area contributed by atoms with Crippen LogP contribution in [0.2, 0.25) is 5.02 Å². The van der Waals surface area contributed by atoms with Crippen LogP contribution in [0.25, 0.3) is 0 Å². The number of nitrogens with one attached hydrogen (secondary N) is 1. The lowest BCUT2D eigenvalue weighted by Gasteiger charge is -2.07. The number of ether oxygens (including phenoxy) is 1. The van der Waals surface area contributed by atoms with Crippen molar-refractivity contribution in [2.75, 3.05) is 12.3 Å². The predicted molar refractivity (Wildman–Crippen MR) is 90.6 cm³/mol. The van der Waals surface area contributed by atoms with Gasteiger partial charge in [0.1, 0.15) is 5.75 Å². The second-order valence-corrected chi connectivity index (χ2v) is 7.39. The van der Waals surface area contributed by atoms with Gasteiger partial charge < -0.3 is 10.1 Å². The molecule has 0 fully saturated rings. The van der Waals surface area contributed by atoms with E-state index in [0.717, 1.165) is 24.3 Å². The molecule has 0 saturated heterocycles. The van der Waals surface area contributed by atoms with Crippen LogP contribution in [0.15, 0.2) is 53.4 Å². The molecule has 0 aliphatic heterocycles.